The fourth-order valence-corrected chi connectivity index (χ4v) is 2.45. The SMILES string of the molecule is Cl.O=[N+]([O-])c1cccc(-c2noc(CN3CCCNCC3)n2)c1. The minimum atomic E-state index is -0.436. The fraction of sp³-hybridized carbons (Fsp3) is 0.429. The first-order valence-electron chi connectivity index (χ1n) is 7.23. The molecule has 1 aromatic heterocycles. The molecule has 8 nitrogen and oxygen atoms in total. The second kappa shape index (κ2) is 8.00. The molecular weight excluding hydrogens is 322 g/mol. The van der Waals surface area contributed by atoms with E-state index < -0.39 is 4.92 Å². The summed E-state index contributed by atoms with van der Waals surface area (Å²) in [6.45, 7) is 4.50. The summed E-state index contributed by atoms with van der Waals surface area (Å²) in [5.74, 6) is 0.912. The Morgan fingerprint density at radius 1 is 1.35 bits per heavy atom. The fourth-order valence-electron chi connectivity index (χ4n) is 2.45. The van der Waals surface area contributed by atoms with Crippen LogP contribution in [0.15, 0.2) is 28.8 Å². The lowest BCUT2D eigenvalue weighted by Crippen LogP contribution is -2.27. The van der Waals surface area contributed by atoms with Crippen LogP contribution in [0, 0.1) is 10.1 Å². The summed E-state index contributed by atoms with van der Waals surface area (Å²) in [5.41, 5.74) is 0.601. The van der Waals surface area contributed by atoms with Crippen LogP contribution in [0.2, 0.25) is 0 Å². The Labute approximate surface area is 139 Å². The van der Waals surface area contributed by atoms with Gasteiger partial charge in [0.25, 0.3) is 5.69 Å². The Morgan fingerprint density at radius 2 is 2.22 bits per heavy atom. The van der Waals surface area contributed by atoms with Crippen LogP contribution in [-0.2, 0) is 6.54 Å². The van der Waals surface area contributed by atoms with Crippen LogP contribution >= 0.6 is 12.4 Å². The van der Waals surface area contributed by atoms with Crippen LogP contribution in [0.4, 0.5) is 5.69 Å². The molecule has 0 atom stereocenters. The zero-order valence-electron chi connectivity index (χ0n) is 12.5. The third-order valence-electron chi connectivity index (χ3n) is 3.57. The van der Waals surface area contributed by atoms with Crippen LogP contribution in [-0.4, -0.2) is 46.1 Å². The molecule has 0 bridgehead atoms. The molecule has 23 heavy (non-hydrogen) atoms. The van der Waals surface area contributed by atoms with E-state index in [0.29, 0.717) is 23.8 Å². The van der Waals surface area contributed by atoms with Gasteiger partial charge in [0, 0.05) is 30.8 Å². The number of hydrogen-bond acceptors (Lipinski definition) is 7. The monoisotopic (exact) mass is 339 g/mol. The number of halogens is 1. The Hall–Kier alpha value is -2.03. The Balaban J connectivity index is 0.00000192. The maximum absolute atomic E-state index is 10.8. The van der Waals surface area contributed by atoms with Crippen LogP contribution in [0.5, 0.6) is 0 Å². The molecule has 1 aliphatic rings. The molecule has 0 amide bonds. The predicted octanol–water partition coefficient (Wildman–Crippen LogP) is 1.86. The van der Waals surface area contributed by atoms with Gasteiger partial charge in [0.15, 0.2) is 0 Å². The number of non-ortho nitro benzene ring substituents is 1. The van der Waals surface area contributed by atoms with Gasteiger partial charge < -0.3 is 9.84 Å². The van der Waals surface area contributed by atoms with Crippen LogP contribution < -0.4 is 5.32 Å². The Bertz CT molecular complexity index is 655. The van der Waals surface area contributed by atoms with Crippen molar-refractivity contribution in [3.63, 3.8) is 0 Å². The number of aromatic nitrogens is 2. The van der Waals surface area contributed by atoms with Gasteiger partial charge in [-0.1, -0.05) is 17.3 Å². The first-order valence-corrected chi connectivity index (χ1v) is 7.23. The van der Waals surface area contributed by atoms with Crippen molar-refractivity contribution in [3.8, 4) is 11.4 Å². The molecule has 3 rings (SSSR count). The Kier molecular flexibility index (Phi) is 6.03. The maximum Gasteiger partial charge on any atom is 0.270 e. The molecule has 2 heterocycles. The lowest BCUT2D eigenvalue weighted by Gasteiger charge is -2.16. The molecule has 1 fully saturated rings. The van der Waals surface area contributed by atoms with Gasteiger partial charge in [-0.15, -0.1) is 12.4 Å². The van der Waals surface area contributed by atoms with E-state index in [4.69, 9.17) is 4.52 Å². The zero-order chi connectivity index (χ0) is 15.4. The number of rotatable bonds is 4. The summed E-state index contributed by atoms with van der Waals surface area (Å²) < 4.78 is 5.27. The number of nitrogens with zero attached hydrogens (tertiary/aromatic N) is 4. The molecule has 124 valence electrons. The van der Waals surface area contributed by atoms with Crippen molar-refractivity contribution in [1.82, 2.24) is 20.4 Å². The van der Waals surface area contributed by atoms with E-state index in [0.717, 1.165) is 32.6 Å². The Morgan fingerprint density at radius 3 is 3.04 bits per heavy atom. The van der Waals surface area contributed by atoms with E-state index in [1.807, 2.05) is 0 Å². The summed E-state index contributed by atoms with van der Waals surface area (Å²) in [6, 6.07) is 6.24. The van der Waals surface area contributed by atoms with Crippen molar-refractivity contribution < 1.29 is 9.45 Å². The molecule has 2 aromatic rings. The highest BCUT2D eigenvalue weighted by Gasteiger charge is 2.15. The number of nitro benzene ring substituents is 1. The van der Waals surface area contributed by atoms with Gasteiger partial charge in [0.2, 0.25) is 11.7 Å². The predicted molar refractivity (Wildman–Crippen MR) is 86.4 cm³/mol. The molecule has 1 N–H and O–H groups in total. The highest BCUT2D eigenvalue weighted by atomic mass is 35.5. The smallest absolute Gasteiger partial charge is 0.270 e. The van der Waals surface area contributed by atoms with Crippen LogP contribution in [0.1, 0.15) is 12.3 Å². The van der Waals surface area contributed by atoms with Crippen LogP contribution in [0.25, 0.3) is 11.4 Å². The van der Waals surface area contributed by atoms with E-state index >= 15 is 0 Å². The molecule has 0 aliphatic carbocycles. The molecule has 1 aliphatic heterocycles. The maximum atomic E-state index is 10.8. The zero-order valence-corrected chi connectivity index (χ0v) is 13.3. The molecule has 0 unspecified atom stereocenters. The van der Waals surface area contributed by atoms with Gasteiger partial charge in [0.1, 0.15) is 0 Å². The van der Waals surface area contributed by atoms with Gasteiger partial charge in [-0.2, -0.15) is 4.98 Å². The van der Waals surface area contributed by atoms with E-state index in [1.54, 1.807) is 12.1 Å². The van der Waals surface area contributed by atoms with Crippen molar-refractivity contribution in [2.75, 3.05) is 26.2 Å². The van der Waals surface area contributed by atoms with Crippen molar-refractivity contribution >= 4 is 18.1 Å². The topological polar surface area (TPSA) is 97.3 Å². The molecule has 1 saturated heterocycles. The largest absolute Gasteiger partial charge is 0.338 e. The standard InChI is InChI=1S/C14H17N5O3.ClH/c20-19(21)12-4-1-3-11(9-12)14-16-13(22-17-14)10-18-7-2-5-15-6-8-18;/h1,3-4,9,15H,2,5-8,10H2;1H. The van der Waals surface area contributed by atoms with Gasteiger partial charge in [-0.25, -0.2) is 0 Å². The molecule has 0 radical (unpaired) electrons. The average Bonchev–Trinajstić information content (AvgIpc) is 2.83. The third kappa shape index (κ3) is 4.47. The summed E-state index contributed by atoms with van der Waals surface area (Å²) in [6.07, 6.45) is 1.09. The lowest BCUT2D eigenvalue weighted by molar-refractivity contribution is -0.384. The number of nitrogens with one attached hydrogen (secondary N) is 1. The van der Waals surface area contributed by atoms with Crippen molar-refractivity contribution in [1.29, 1.82) is 0 Å². The third-order valence-corrected chi connectivity index (χ3v) is 3.57. The molecular formula is C14H18ClN5O3. The molecule has 9 heteroatoms. The van der Waals surface area contributed by atoms with Gasteiger partial charge in [-0.05, 0) is 19.5 Å². The van der Waals surface area contributed by atoms with E-state index in [9.17, 15) is 10.1 Å². The van der Waals surface area contributed by atoms with E-state index in [2.05, 4.69) is 20.4 Å². The second-order valence-electron chi connectivity index (χ2n) is 5.20. The number of benzene rings is 1. The van der Waals surface area contributed by atoms with E-state index in [1.165, 1.54) is 12.1 Å². The summed E-state index contributed by atoms with van der Waals surface area (Å²) in [7, 11) is 0. The summed E-state index contributed by atoms with van der Waals surface area (Å²) >= 11 is 0. The second-order valence-corrected chi connectivity index (χ2v) is 5.20. The van der Waals surface area contributed by atoms with E-state index in [-0.39, 0.29) is 18.1 Å². The van der Waals surface area contributed by atoms with Crippen molar-refractivity contribution in [2.24, 2.45) is 0 Å². The summed E-state index contributed by atoms with van der Waals surface area (Å²) in [4.78, 5) is 17.0. The van der Waals surface area contributed by atoms with Gasteiger partial charge in [0.05, 0.1) is 11.5 Å². The highest BCUT2D eigenvalue weighted by molar-refractivity contribution is 5.85. The number of nitro groups is 1. The summed E-state index contributed by atoms with van der Waals surface area (Å²) in [5, 5.41) is 18.1. The van der Waals surface area contributed by atoms with Crippen molar-refractivity contribution in [2.45, 2.75) is 13.0 Å². The highest BCUT2D eigenvalue weighted by Crippen LogP contribution is 2.21. The quantitative estimate of drug-likeness (QED) is 0.670. The molecule has 0 spiro atoms. The minimum Gasteiger partial charge on any atom is -0.338 e. The minimum absolute atomic E-state index is 0. The number of hydrogen-bond donors (Lipinski definition) is 1. The first-order chi connectivity index (χ1) is 10.7. The van der Waals surface area contributed by atoms with Gasteiger partial charge in [-0.3, -0.25) is 15.0 Å². The van der Waals surface area contributed by atoms with Crippen LogP contribution in [0.3, 0.4) is 0 Å². The van der Waals surface area contributed by atoms with Crippen molar-refractivity contribution in [3.05, 3.63) is 40.3 Å². The first kappa shape index (κ1) is 17.3. The molecule has 0 saturated carbocycles. The molecule has 1 aromatic carbocycles. The average molecular weight is 340 g/mol. The normalized spacial score (nSPS) is 15.7. The van der Waals surface area contributed by atoms with Gasteiger partial charge >= 0.3 is 0 Å². The lowest BCUT2D eigenvalue weighted by atomic mass is 10.2.